The molecule has 1 saturated heterocycles. The van der Waals surface area contributed by atoms with Gasteiger partial charge in [0.25, 0.3) is 0 Å². The largest absolute Gasteiger partial charge is 0.490 e. The molecule has 156 valence electrons. The molecule has 2 bridgehead atoms. The van der Waals surface area contributed by atoms with Gasteiger partial charge in [0.2, 0.25) is 0 Å². The Labute approximate surface area is 154 Å². The van der Waals surface area contributed by atoms with Crippen molar-refractivity contribution in [1.82, 2.24) is 14.9 Å². The third-order valence-electron chi connectivity index (χ3n) is 3.59. The molecule has 4 N–H and O–H groups in total. The smallest absolute Gasteiger partial charge is 0.475 e. The van der Waals surface area contributed by atoms with Crippen molar-refractivity contribution in [2.24, 2.45) is 5.73 Å². The molecule has 12 nitrogen and oxygen atoms in total. The average molecular weight is 430 g/mol. The summed E-state index contributed by atoms with van der Waals surface area (Å²) in [4.78, 5) is 26.2. The molecule has 2 aliphatic heterocycles. The van der Waals surface area contributed by atoms with Crippen LogP contribution >= 0.6 is 0 Å². The third kappa shape index (κ3) is 4.77. The monoisotopic (exact) mass is 430 g/mol. The van der Waals surface area contributed by atoms with Crippen molar-refractivity contribution in [3.05, 3.63) is 24.4 Å². The number of aliphatic carboxylic acids is 1. The van der Waals surface area contributed by atoms with Crippen molar-refractivity contribution in [1.29, 1.82) is 0 Å². The molecule has 2 atom stereocenters. The molecule has 2 amide bonds. The Kier molecular flexibility index (Phi) is 5.97. The van der Waals surface area contributed by atoms with Crippen molar-refractivity contribution in [2.75, 3.05) is 13.1 Å². The number of carboxylic acid groups (broad SMARTS) is 1. The Morgan fingerprint density at radius 1 is 1.46 bits per heavy atom. The van der Waals surface area contributed by atoms with E-state index in [0.29, 0.717) is 16.4 Å². The number of fused-ring (bicyclic) bond motifs is 2. The molecule has 0 aliphatic carbocycles. The number of nitrogens with two attached hydrogens (primary N) is 1. The van der Waals surface area contributed by atoms with E-state index in [-0.39, 0.29) is 13.1 Å². The molecule has 28 heavy (non-hydrogen) atoms. The molecule has 3 rings (SSSR count). The highest BCUT2D eigenvalue weighted by atomic mass is 32.3. The lowest BCUT2D eigenvalue weighted by Crippen LogP contribution is -2.43. The van der Waals surface area contributed by atoms with E-state index >= 15 is 0 Å². The van der Waals surface area contributed by atoms with Crippen molar-refractivity contribution < 1.29 is 49.5 Å². The average Bonchev–Trinajstić information content (AvgIpc) is 3.18. The first-order valence-corrected chi connectivity index (χ1v) is 8.59. The second-order valence-corrected chi connectivity index (χ2v) is 6.38. The third-order valence-corrected chi connectivity index (χ3v) is 3.94. The van der Waals surface area contributed by atoms with Gasteiger partial charge in [0.05, 0.1) is 18.8 Å². The minimum Gasteiger partial charge on any atom is -0.475 e. The molecule has 2 unspecified atom stereocenters. The normalized spacial score (nSPS) is 21.9. The zero-order valence-electron chi connectivity index (χ0n) is 13.6. The highest BCUT2D eigenvalue weighted by molar-refractivity contribution is 7.80. The van der Waals surface area contributed by atoms with Gasteiger partial charge < -0.3 is 20.2 Å². The van der Waals surface area contributed by atoms with Gasteiger partial charge in [-0.05, 0) is 0 Å². The molecule has 16 heteroatoms. The van der Waals surface area contributed by atoms with E-state index < -0.39 is 40.7 Å². The minimum atomic E-state index is -5.08. The maximum absolute atomic E-state index is 12.2. The zero-order chi connectivity index (χ0) is 21.3. The number of hydroxylamine groups is 2. The van der Waals surface area contributed by atoms with Gasteiger partial charge in [0, 0.05) is 12.1 Å². The summed E-state index contributed by atoms with van der Waals surface area (Å²) in [6.45, 7) is 0.318. The van der Waals surface area contributed by atoms with Gasteiger partial charge in [0.15, 0.2) is 12.2 Å². The van der Waals surface area contributed by atoms with Crippen LogP contribution in [-0.2, 0) is 19.5 Å². The van der Waals surface area contributed by atoms with E-state index in [0.717, 1.165) is 0 Å². The fraction of sp³-hybridized carbons (Fsp3) is 0.417. The van der Waals surface area contributed by atoms with Gasteiger partial charge in [-0.1, -0.05) is 6.08 Å². The molecule has 2 aliphatic rings. The predicted molar refractivity (Wildman–Crippen MR) is 81.4 cm³/mol. The lowest BCUT2D eigenvalue weighted by Gasteiger charge is -2.27. The number of nitrogens with zero attached hydrogens (tertiary/aromatic N) is 3. The van der Waals surface area contributed by atoms with Crippen LogP contribution in [0.1, 0.15) is 5.76 Å². The lowest BCUT2D eigenvalue weighted by molar-refractivity contribution is -0.192. The number of aromatic nitrogens is 1. The molecule has 3 heterocycles. The molecule has 0 aromatic carbocycles. The number of carboxylic acids is 1. The van der Waals surface area contributed by atoms with Gasteiger partial charge in [0.1, 0.15) is 6.04 Å². The summed E-state index contributed by atoms with van der Waals surface area (Å²) in [6, 6.07) is -1.86. The fourth-order valence-electron chi connectivity index (χ4n) is 2.49. The standard InChI is InChI=1S/C10H12N4O6S.C2HF3O2/c11-2-6-1-7(9-3-12-5-19-9)8-4-13(6)10(15)14(8)20-21(16,17)18;3-2(4,5)1(6)7/h1,3,5-6,8H,2,4,11H2,(H,16,17,18);(H,6,7). The second-order valence-electron chi connectivity index (χ2n) is 5.37. The summed E-state index contributed by atoms with van der Waals surface area (Å²) in [6.07, 6.45) is -0.742. The number of rotatable bonds is 4. The number of hydrogen-bond donors (Lipinski definition) is 3. The molecule has 1 aromatic heterocycles. The summed E-state index contributed by atoms with van der Waals surface area (Å²) < 4.78 is 71.9. The minimum absolute atomic E-state index is 0.149. The maximum Gasteiger partial charge on any atom is 0.490 e. The number of alkyl halides is 3. The van der Waals surface area contributed by atoms with Gasteiger partial charge >= 0.3 is 28.6 Å². The Morgan fingerprint density at radius 2 is 2.07 bits per heavy atom. The number of hydrogen-bond acceptors (Lipinski definition) is 8. The Morgan fingerprint density at radius 3 is 2.50 bits per heavy atom. The first-order valence-electron chi connectivity index (χ1n) is 7.22. The van der Waals surface area contributed by atoms with Crippen LogP contribution in [0.4, 0.5) is 18.0 Å². The lowest BCUT2D eigenvalue weighted by atomic mass is 9.98. The zero-order valence-corrected chi connectivity index (χ0v) is 14.4. The van der Waals surface area contributed by atoms with Gasteiger partial charge in [-0.3, -0.25) is 4.55 Å². The highest BCUT2D eigenvalue weighted by Crippen LogP contribution is 2.35. The maximum atomic E-state index is 12.2. The summed E-state index contributed by atoms with van der Waals surface area (Å²) in [5.74, 6) is -2.38. The van der Waals surface area contributed by atoms with E-state index in [2.05, 4.69) is 9.27 Å². The number of carbonyl (C=O) groups excluding carboxylic acids is 1. The molecule has 1 fully saturated rings. The first kappa shape index (κ1) is 21.6. The van der Waals surface area contributed by atoms with Gasteiger partial charge in [-0.25, -0.2) is 14.6 Å². The van der Waals surface area contributed by atoms with Crippen LogP contribution < -0.4 is 5.73 Å². The van der Waals surface area contributed by atoms with Crippen LogP contribution in [0.2, 0.25) is 0 Å². The Hall–Kier alpha value is -2.69. The van der Waals surface area contributed by atoms with Gasteiger partial charge in [-0.2, -0.15) is 26.7 Å². The molecular weight excluding hydrogens is 417 g/mol. The number of urea groups is 1. The SMILES string of the molecule is NCC1C=C(c2cnco2)C2CN1C(=O)N2OS(=O)(=O)O.O=C(O)C(F)(F)F. The van der Waals surface area contributed by atoms with Crippen molar-refractivity contribution in [3.8, 4) is 0 Å². The van der Waals surface area contributed by atoms with E-state index in [1.807, 2.05) is 0 Å². The second kappa shape index (κ2) is 7.74. The topological polar surface area (TPSA) is 176 Å². The molecule has 0 saturated carbocycles. The summed E-state index contributed by atoms with van der Waals surface area (Å²) in [5.41, 5.74) is 6.15. The summed E-state index contributed by atoms with van der Waals surface area (Å²) >= 11 is 0. The van der Waals surface area contributed by atoms with Crippen molar-refractivity contribution >= 4 is 28.0 Å². The van der Waals surface area contributed by atoms with Crippen LogP contribution in [0.3, 0.4) is 0 Å². The van der Waals surface area contributed by atoms with Crippen LogP contribution in [0.5, 0.6) is 0 Å². The van der Waals surface area contributed by atoms with Crippen LogP contribution in [0.25, 0.3) is 5.57 Å². The number of oxazole rings is 1. The van der Waals surface area contributed by atoms with E-state index in [1.54, 1.807) is 6.08 Å². The van der Waals surface area contributed by atoms with Crippen molar-refractivity contribution in [2.45, 2.75) is 18.3 Å². The Balaban J connectivity index is 0.000000345. The fourth-order valence-corrected chi connectivity index (χ4v) is 2.86. The van der Waals surface area contributed by atoms with Crippen LogP contribution in [0, 0.1) is 0 Å². The molecule has 1 aromatic rings. The number of amides is 2. The molecular formula is C12H13F3N4O8S. The Bertz CT molecular complexity index is 870. The van der Waals surface area contributed by atoms with Crippen LogP contribution in [-0.4, -0.2) is 76.4 Å². The van der Waals surface area contributed by atoms with Gasteiger partial charge in [-0.15, -0.1) is 4.28 Å². The predicted octanol–water partition coefficient (Wildman–Crippen LogP) is -0.127. The molecule has 0 radical (unpaired) electrons. The van der Waals surface area contributed by atoms with Crippen LogP contribution in [0.15, 0.2) is 23.1 Å². The van der Waals surface area contributed by atoms with E-state index in [9.17, 15) is 26.4 Å². The first-order chi connectivity index (χ1) is 12.8. The summed E-state index contributed by atoms with van der Waals surface area (Å²) in [7, 11) is -4.82. The number of halogens is 3. The highest BCUT2D eigenvalue weighted by Gasteiger charge is 2.48. The quantitative estimate of drug-likeness (QED) is 0.545. The van der Waals surface area contributed by atoms with Crippen molar-refractivity contribution in [3.63, 3.8) is 0 Å². The van der Waals surface area contributed by atoms with E-state index in [4.69, 9.17) is 24.6 Å². The molecule has 0 spiro atoms. The number of carbonyl (C=O) groups is 2. The summed E-state index contributed by atoms with van der Waals surface area (Å²) in [5, 5.41) is 7.72. The van der Waals surface area contributed by atoms with E-state index in [1.165, 1.54) is 17.5 Å².